The molecular formula is C22H27N5OS. The molecule has 152 valence electrons. The quantitative estimate of drug-likeness (QED) is 0.613. The van der Waals surface area contributed by atoms with Crippen molar-refractivity contribution in [1.82, 2.24) is 19.4 Å². The highest BCUT2D eigenvalue weighted by atomic mass is 32.2. The molecule has 2 aromatic heterocycles. The number of pyridine rings is 1. The number of likely N-dealkylation sites (tertiary alicyclic amines) is 1. The van der Waals surface area contributed by atoms with Crippen LogP contribution in [0.15, 0.2) is 47.5 Å². The summed E-state index contributed by atoms with van der Waals surface area (Å²) in [7, 11) is 0. The number of benzene rings is 1. The lowest BCUT2D eigenvalue weighted by atomic mass is 10.0. The van der Waals surface area contributed by atoms with Crippen molar-refractivity contribution in [3.05, 3.63) is 48.4 Å². The van der Waals surface area contributed by atoms with Crippen molar-refractivity contribution >= 4 is 34.6 Å². The van der Waals surface area contributed by atoms with Crippen LogP contribution in [0.5, 0.6) is 0 Å². The maximum Gasteiger partial charge on any atom is 0.321 e. The molecule has 0 bridgehead atoms. The van der Waals surface area contributed by atoms with E-state index in [0.717, 1.165) is 53.5 Å². The zero-order valence-corrected chi connectivity index (χ0v) is 17.9. The fraction of sp³-hybridized carbons (Fsp3) is 0.409. The predicted octanol–water partition coefficient (Wildman–Crippen LogP) is 4.83. The van der Waals surface area contributed by atoms with Gasteiger partial charge in [0.1, 0.15) is 11.3 Å². The van der Waals surface area contributed by atoms with E-state index in [1.54, 1.807) is 11.8 Å². The van der Waals surface area contributed by atoms with Crippen molar-refractivity contribution in [2.45, 2.75) is 37.6 Å². The van der Waals surface area contributed by atoms with Crippen LogP contribution in [0.4, 0.5) is 10.5 Å². The average molecular weight is 410 g/mol. The van der Waals surface area contributed by atoms with Crippen LogP contribution in [0.3, 0.4) is 0 Å². The molecule has 1 aromatic carbocycles. The van der Waals surface area contributed by atoms with Crippen molar-refractivity contribution in [3.8, 4) is 0 Å². The number of hydrogen-bond acceptors (Lipinski definition) is 4. The Morgan fingerprint density at radius 3 is 2.97 bits per heavy atom. The Kier molecular flexibility index (Phi) is 5.76. The second-order valence-corrected chi connectivity index (χ2v) is 8.68. The van der Waals surface area contributed by atoms with Crippen molar-refractivity contribution in [2.24, 2.45) is 5.92 Å². The van der Waals surface area contributed by atoms with Crippen molar-refractivity contribution < 1.29 is 4.79 Å². The standard InChI is InChI=1S/C22H27N5OS/c1-15(2)27-20(25-19-8-5-10-23-21(19)27)12-16-9-11-26(14-16)22(28)24-17-6-4-7-18(13-17)29-3/h4-8,10,13,15-16H,9,11-12,14H2,1-3H3,(H,24,28)/t16-/m0/s1. The molecule has 0 spiro atoms. The summed E-state index contributed by atoms with van der Waals surface area (Å²) in [4.78, 5) is 25.1. The first-order valence-corrected chi connectivity index (χ1v) is 11.3. The van der Waals surface area contributed by atoms with Gasteiger partial charge in [-0.25, -0.2) is 14.8 Å². The number of imidazole rings is 1. The monoisotopic (exact) mass is 409 g/mol. The number of urea groups is 1. The SMILES string of the molecule is CSc1cccc(NC(=O)N2CC[C@@H](Cc3nc4cccnc4n3C(C)C)C2)c1. The second-order valence-electron chi connectivity index (χ2n) is 7.80. The molecule has 0 aliphatic carbocycles. The molecule has 1 aliphatic rings. The molecule has 2 amide bonds. The van der Waals surface area contributed by atoms with Gasteiger partial charge >= 0.3 is 6.03 Å². The lowest BCUT2D eigenvalue weighted by Crippen LogP contribution is -2.33. The predicted molar refractivity (Wildman–Crippen MR) is 119 cm³/mol. The molecule has 0 saturated carbocycles. The molecular weight excluding hydrogens is 382 g/mol. The van der Waals surface area contributed by atoms with Crippen LogP contribution in [0.25, 0.3) is 11.2 Å². The van der Waals surface area contributed by atoms with Crippen LogP contribution >= 0.6 is 11.8 Å². The fourth-order valence-corrected chi connectivity index (χ4v) is 4.47. The highest BCUT2D eigenvalue weighted by Gasteiger charge is 2.28. The Bertz CT molecular complexity index is 1020. The number of nitrogens with one attached hydrogen (secondary N) is 1. The third kappa shape index (κ3) is 4.24. The van der Waals surface area contributed by atoms with E-state index in [1.807, 2.05) is 53.8 Å². The molecule has 3 aromatic rings. The minimum absolute atomic E-state index is 0.0233. The second kappa shape index (κ2) is 8.45. The number of anilines is 1. The van der Waals surface area contributed by atoms with E-state index in [9.17, 15) is 4.79 Å². The van der Waals surface area contributed by atoms with Gasteiger partial charge in [0.05, 0.1) is 0 Å². The number of carbonyl (C=O) groups excluding carboxylic acids is 1. The van der Waals surface area contributed by atoms with Crippen molar-refractivity contribution in [2.75, 3.05) is 24.7 Å². The first kappa shape index (κ1) is 19.8. The highest BCUT2D eigenvalue weighted by molar-refractivity contribution is 7.98. The van der Waals surface area contributed by atoms with E-state index in [-0.39, 0.29) is 6.03 Å². The molecule has 29 heavy (non-hydrogen) atoms. The summed E-state index contributed by atoms with van der Waals surface area (Å²) < 4.78 is 2.23. The largest absolute Gasteiger partial charge is 0.324 e. The number of nitrogens with zero attached hydrogens (tertiary/aromatic N) is 4. The minimum atomic E-state index is -0.0233. The summed E-state index contributed by atoms with van der Waals surface area (Å²) in [6.45, 7) is 5.86. The van der Waals surface area contributed by atoms with E-state index in [0.29, 0.717) is 12.0 Å². The van der Waals surface area contributed by atoms with Crippen LogP contribution < -0.4 is 5.32 Å². The maximum atomic E-state index is 12.7. The minimum Gasteiger partial charge on any atom is -0.324 e. The first-order valence-electron chi connectivity index (χ1n) is 10.1. The number of rotatable bonds is 5. The zero-order chi connectivity index (χ0) is 20.4. The molecule has 1 saturated heterocycles. The normalized spacial score (nSPS) is 16.7. The average Bonchev–Trinajstić information content (AvgIpc) is 3.32. The summed E-state index contributed by atoms with van der Waals surface area (Å²) in [6, 6.07) is 12.2. The van der Waals surface area contributed by atoms with Gasteiger partial charge in [0.15, 0.2) is 5.65 Å². The molecule has 7 heteroatoms. The maximum absolute atomic E-state index is 12.7. The molecule has 6 nitrogen and oxygen atoms in total. The van der Waals surface area contributed by atoms with Gasteiger partial charge in [0, 0.05) is 42.3 Å². The van der Waals surface area contributed by atoms with Gasteiger partial charge < -0.3 is 14.8 Å². The van der Waals surface area contributed by atoms with E-state index in [1.165, 1.54) is 0 Å². The Morgan fingerprint density at radius 2 is 2.17 bits per heavy atom. The van der Waals surface area contributed by atoms with Crippen LogP contribution in [0.2, 0.25) is 0 Å². The lowest BCUT2D eigenvalue weighted by Gasteiger charge is -2.18. The number of fused-ring (bicyclic) bond motifs is 1. The van der Waals surface area contributed by atoms with Gasteiger partial charge in [-0.3, -0.25) is 0 Å². The molecule has 1 N–H and O–H groups in total. The topological polar surface area (TPSA) is 63.1 Å². The van der Waals surface area contributed by atoms with Gasteiger partial charge in [-0.2, -0.15) is 0 Å². The zero-order valence-electron chi connectivity index (χ0n) is 17.1. The summed E-state index contributed by atoms with van der Waals surface area (Å²) in [5, 5.41) is 3.04. The Balaban J connectivity index is 1.43. The fourth-order valence-electron chi connectivity index (χ4n) is 4.01. The molecule has 4 rings (SSSR count). The van der Waals surface area contributed by atoms with Crippen LogP contribution in [-0.2, 0) is 6.42 Å². The van der Waals surface area contributed by atoms with E-state index in [4.69, 9.17) is 4.98 Å². The van der Waals surface area contributed by atoms with Crippen LogP contribution in [0.1, 0.15) is 32.1 Å². The lowest BCUT2D eigenvalue weighted by molar-refractivity contribution is 0.220. The third-order valence-corrected chi connectivity index (χ3v) is 6.13. The Morgan fingerprint density at radius 1 is 1.31 bits per heavy atom. The molecule has 3 heterocycles. The molecule has 1 aliphatic heterocycles. The van der Waals surface area contributed by atoms with E-state index < -0.39 is 0 Å². The van der Waals surface area contributed by atoms with Gasteiger partial charge in [0.2, 0.25) is 0 Å². The van der Waals surface area contributed by atoms with Crippen molar-refractivity contribution in [1.29, 1.82) is 0 Å². The molecule has 0 unspecified atom stereocenters. The summed E-state index contributed by atoms with van der Waals surface area (Å²) in [5.74, 6) is 1.47. The highest BCUT2D eigenvalue weighted by Crippen LogP contribution is 2.26. The molecule has 0 radical (unpaired) electrons. The molecule has 1 fully saturated rings. The van der Waals surface area contributed by atoms with Gasteiger partial charge in [-0.05, 0) is 62.8 Å². The molecule has 1 atom stereocenters. The third-order valence-electron chi connectivity index (χ3n) is 5.40. The Hall–Kier alpha value is -2.54. The smallest absolute Gasteiger partial charge is 0.321 e. The number of thioether (sulfide) groups is 1. The number of carbonyl (C=O) groups is 1. The van der Waals surface area contributed by atoms with E-state index in [2.05, 4.69) is 28.7 Å². The summed E-state index contributed by atoms with van der Waals surface area (Å²) in [6.07, 6.45) is 5.71. The summed E-state index contributed by atoms with van der Waals surface area (Å²) in [5.41, 5.74) is 2.73. The van der Waals surface area contributed by atoms with Gasteiger partial charge in [-0.15, -0.1) is 11.8 Å². The first-order chi connectivity index (χ1) is 14.0. The van der Waals surface area contributed by atoms with Gasteiger partial charge in [-0.1, -0.05) is 6.07 Å². The van der Waals surface area contributed by atoms with Crippen molar-refractivity contribution in [3.63, 3.8) is 0 Å². The van der Waals surface area contributed by atoms with E-state index >= 15 is 0 Å². The van der Waals surface area contributed by atoms with Gasteiger partial charge in [0.25, 0.3) is 0 Å². The Labute approximate surface area is 175 Å². The number of aromatic nitrogens is 3. The number of hydrogen-bond donors (Lipinski definition) is 1. The summed E-state index contributed by atoms with van der Waals surface area (Å²) >= 11 is 1.67. The number of amides is 2. The van der Waals surface area contributed by atoms with Crippen LogP contribution in [-0.4, -0.2) is 44.8 Å². The van der Waals surface area contributed by atoms with Crippen LogP contribution in [0, 0.1) is 5.92 Å².